The molecule has 118 valence electrons. The maximum Gasteiger partial charge on any atom is 0.178 e. The van der Waals surface area contributed by atoms with Crippen LogP contribution in [0.4, 0.5) is 0 Å². The fraction of sp³-hybridized carbons (Fsp3) is 0.316. The van der Waals surface area contributed by atoms with Crippen LogP contribution < -0.4 is 0 Å². The number of nitrogens with zero attached hydrogens (tertiary/aromatic N) is 2. The lowest BCUT2D eigenvalue weighted by Gasteiger charge is -2.15. The number of aryl methyl sites for hydroxylation is 1. The van der Waals surface area contributed by atoms with Crippen molar-refractivity contribution < 1.29 is 4.79 Å². The van der Waals surface area contributed by atoms with Crippen molar-refractivity contribution in [3.8, 4) is 17.3 Å². The van der Waals surface area contributed by atoms with Crippen molar-refractivity contribution in [1.82, 2.24) is 10.2 Å². The van der Waals surface area contributed by atoms with E-state index in [0.29, 0.717) is 0 Å². The van der Waals surface area contributed by atoms with Crippen molar-refractivity contribution in [3.63, 3.8) is 0 Å². The van der Waals surface area contributed by atoms with Crippen molar-refractivity contribution in [2.75, 3.05) is 0 Å². The van der Waals surface area contributed by atoms with Crippen LogP contribution in [0.25, 0.3) is 17.3 Å². The van der Waals surface area contributed by atoms with E-state index in [2.05, 4.69) is 29.3 Å². The maximum atomic E-state index is 12.3. The SMILES string of the molecule is CCc1ccc(-c2[nH]ncc2C=C(C#N)C(=O)C(C)(C)C)cc1. The van der Waals surface area contributed by atoms with Gasteiger partial charge in [0.05, 0.1) is 17.5 Å². The minimum absolute atomic E-state index is 0.144. The second-order valence-corrected chi connectivity index (χ2v) is 6.50. The van der Waals surface area contributed by atoms with Gasteiger partial charge in [-0.05, 0) is 18.1 Å². The first kappa shape index (κ1) is 16.7. The third-order valence-electron chi connectivity index (χ3n) is 3.67. The van der Waals surface area contributed by atoms with Gasteiger partial charge >= 0.3 is 0 Å². The molecule has 0 saturated carbocycles. The van der Waals surface area contributed by atoms with E-state index in [-0.39, 0.29) is 11.4 Å². The van der Waals surface area contributed by atoms with Gasteiger partial charge in [-0.1, -0.05) is 52.0 Å². The van der Waals surface area contributed by atoms with Gasteiger partial charge in [0.15, 0.2) is 5.78 Å². The van der Waals surface area contributed by atoms with Crippen molar-refractivity contribution >= 4 is 11.9 Å². The number of aromatic amines is 1. The summed E-state index contributed by atoms with van der Waals surface area (Å²) in [6, 6.07) is 10.2. The molecule has 0 unspecified atom stereocenters. The molecule has 23 heavy (non-hydrogen) atoms. The highest BCUT2D eigenvalue weighted by molar-refractivity contribution is 6.06. The summed E-state index contributed by atoms with van der Waals surface area (Å²) < 4.78 is 0. The van der Waals surface area contributed by atoms with Gasteiger partial charge in [0.1, 0.15) is 6.07 Å². The Balaban J connectivity index is 2.42. The Labute approximate surface area is 136 Å². The summed E-state index contributed by atoms with van der Waals surface area (Å²) in [6.07, 6.45) is 4.23. The Bertz CT molecular complexity index is 768. The average molecular weight is 307 g/mol. The fourth-order valence-corrected chi connectivity index (χ4v) is 2.25. The monoisotopic (exact) mass is 307 g/mol. The second-order valence-electron chi connectivity index (χ2n) is 6.50. The maximum absolute atomic E-state index is 12.3. The molecular formula is C19H21N3O. The van der Waals surface area contributed by atoms with Crippen molar-refractivity contribution in [2.24, 2.45) is 5.41 Å². The number of benzene rings is 1. The van der Waals surface area contributed by atoms with Gasteiger partial charge in [-0.3, -0.25) is 9.89 Å². The van der Waals surface area contributed by atoms with Crippen LogP contribution in [0.5, 0.6) is 0 Å². The minimum Gasteiger partial charge on any atom is -0.293 e. The van der Waals surface area contributed by atoms with Crippen LogP contribution in [0.15, 0.2) is 36.0 Å². The minimum atomic E-state index is -0.589. The standard InChI is InChI=1S/C19H21N3O/c1-5-13-6-8-14(9-7-13)17-16(12-21-22-17)10-15(11-20)18(23)19(2,3)4/h6-10,12H,5H2,1-4H3,(H,21,22). The summed E-state index contributed by atoms with van der Waals surface area (Å²) >= 11 is 0. The molecule has 1 heterocycles. The lowest BCUT2D eigenvalue weighted by molar-refractivity contribution is -0.121. The number of allylic oxidation sites excluding steroid dienone is 1. The normalized spacial score (nSPS) is 12.0. The fourth-order valence-electron chi connectivity index (χ4n) is 2.25. The molecule has 0 fully saturated rings. The molecular weight excluding hydrogens is 286 g/mol. The number of carbonyl (C=O) groups excluding carboxylic acids is 1. The van der Waals surface area contributed by atoms with Gasteiger partial charge in [-0.2, -0.15) is 10.4 Å². The lowest BCUT2D eigenvalue weighted by Crippen LogP contribution is -2.21. The first-order valence-electron chi connectivity index (χ1n) is 7.66. The van der Waals surface area contributed by atoms with E-state index < -0.39 is 5.41 Å². The number of hydrogen-bond acceptors (Lipinski definition) is 3. The quantitative estimate of drug-likeness (QED) is 0.681. The smallest absolute Gasteiger partial charge is 0.178 e. The first-order valence-corrected chi connectivity index (χ1v) is 7.66. The summed E-state index contributed by atoms with van der Waals surface area (Å²) in [5, 5.41) is 16.3. The topological polar surface area (TPSA) is 69.5 Å². The van der Waals surface area contributed by atoms with Crippen molar-refractivity contribution in [1.29, 1.82) is 5.26 Å². The van der Waals surface area contributed by atoms with Gasteiger partial charge in [0.2, 0.25) is 0 Å². The second kappa shape index (κ2) is 6.62. The van der Waals surface area contributed by atoms with Crippen molar-refractivity contribution in [2.45, 2.75) is 34.1 Å². The molecule has 0 saturated heterocycles. The molecule has 0 aliphatic rings. The molecule has 0 radical (unpaired) electrons. The summed E-state index contributed by atoms with van der Waals surface area (Å²) in [6.45, 7) is 7.53. The number of rotatable bonds is 4. The molecule has 0 aliphatic carbocycles. The molecule has 1 aromatic heterocycles. The number of Topliss-reactive ketones (excluding diaryl/α,β-unsaturated/α-hetero) is 1. The zero-order valence-electron chi connectivity index (χ0n) is 14.0. The van der Waals surface area contributed by atoms with Crippen LogP contribution in [0, 0.1) is 16.7 Å². The third kappa shape index (κ3) is 3.75. The Morgan fingerprint density at radius 3 is 2.48 bits per heavy atom. The lowest BCUT2D eigenvalue weighted by atomic mass is 9.86. The molecule has 4 heteroatoms. The van der Waals surface area contributed by atoms with Gasteiger partial charge in [0, 0.05) is 16.5 Å². The largest absolute Gasteiger partial charge is 0.293 e. The number of H-pyrrole nitrogens is 1. The highest BCUT2D eigenvalue weighted by atomic mass is 16.1. The molecule has 0 atom stereocenters. The highest BCUT2D eigenvalue weighted by Gasteiger charge is 2.25. The van der Waals surface area contributed by atoms with Gasteiger partial charge in [0.25, 0.3) is 0 Å². The van der Waals surface area contributed by atoms with Gasteiger partial charge in [-0.15, -0.1) is 0 Å². The zero-order chi connectivity index (χ0) is 17.0. The molecule has 0 bridgehead atoms. The number of ketones is 1. The van der Waals surface area contributed by atoms with Gasteiger partial charge < -0.3 is 0 Å². The van der Waals surface area contributed by atoms with Gasteiger partial charge in [-0.25, -0.2) is 0 Å². The van der Waals surface area contributed by atoms with Crippen LogP contribution in [-0.2, 0) is 11.2 Å². The summed E-state index contributed by atoms with van der Waals surface area (Å²) in [5.74, 6) is -0.173. The molecule has 2 rings (SSSR count). The Hall–Kier alpha value is -2.67. The first-order chi connectivity index (χ1) is 10.9. The number of aromatic nitrogens is 2. The van der Waals surface area contributed by atoms with Crippen LogP contribution in [0.2, 0.25) is 0 Å². The van der Waals surface area contributed by atoms with Crippen LogP contribution >= 0.6 is 0 Å². The van der Waals surface area contributed by atoms with E-state index in [0.717, 1.165) is 23.2 Å². The number of carbonyl (C=O) groups is 1. The number of hydrogen-bond donors (Lipinski definition) is 1. The molecule has 4 nitrogen and oxygen atoms in total. The molecule has 1 N–H and O–H groups in total. The predicted octanol–water partition coefficient (Wildman–Crippen LogP) is 4.16. The molecule has 2 aromatic rings. The molecule has 0 amide bonds. The molecule has 0 aliphatic heterocycles. The highest BCUT2D eigenvalue weighted by Crippen LogP contribution is 2.26. The number of nitriles is 1. The van der Waals surface area contributed by atoms with Crippen LogP contribution in [-0.4, -0.2) is 16.0 Å². The van der Waals surface area contributed by atoms with E-state index in [1.54, 1.807) is 33.0 Å². The Morgan fingerprint density at radius 1 is 1.30 bits per heavy atom. The third-order valence-corrected chi connectivity index (χ3v) is 3.67. The molecule has 0 spiro atoms. The molecule has 1 aromatic carbocycles. The van der Waals surface area contributed by atoms with Crippen LogP contribution in [0.3, 0.4) is 0 Å². The average Bonchev–Trinajstić information content (AvgIpc) is 2.99. The predicted molar refractivity (Wildman–Crippen MR) is 91.5 cm³/mol. The van der Waals surface area contributed by atoms with Crippen molar-refractivity contribution in [3.05, 3.63) is 47.2 Å². The summed E-state index contributed by atoms with van der Waals surface area (Å²) in [4.78, 5) is 12.3. The number of nitrogens with one attached hydrogen (secondary N) is 1. The zero-order valence-corrected chi connectivity index (χ0v) is 14.0. The summed E-state index contributed by atoms with van der Waals surface area (Å²) in [7, 11) is 0. The van der Waals surface area contributed by atoms with E-state index >= 15 is 0 Å². The Morgan fingerprint density at radius 2 is 1.96 bits per heavy atom. The van der Waals surface area contributed by atoms with E-state index in [4.69, 9.17) is 0 Å². The summed E-state index contributed by atoms with van der Waals surface area (Å²) in [5.41, 5.74) is 3.34. The Kier molecular flexibility index (Phi) is 4.80. The van der Waals surface area contributed by atoms with E-state index in [1.165, 1.54) is 5.56 Å². The van der Waals surface area contributed by atoms with E-state index in [1.807, 2.05) is 18.2 Å². The van der Waals surface area contributed by atoms with E-state index in [9.17, 15) is 10.1 Å². The van der Waals surface area contributed by atoms with Crippen LogP contribution in [0.1, 0.15) is 38.8 Å².